The molecular formula is C21H44. The highest BCUT2D eigenvalue weighted by molar-refractivity contribution is 4.59. The molecule has 0 aliphatic rings. The van der Waals surface area contributed by atoms with Gasteiger partial charge in [-0.3, -0.25) is 0 Å². The number of rotatable bonds is 15. The molecule has 0 fully saturated rings. The normalized spacial score (nSPS) is 14.6. The van der Waals surface area contributed by atoms with E-state index in [4.69, 9.17) is 0 Å². The van der Waals surface area contributed by atoms with E-state index in [-0.39, 0.29) is 0 Å². The van der Waals surface area contributed by atoms with Gasteiger partial charge in [0.25, 0.3) is 0 Å². The Bertz CT molecular complexity index is 194. The fourth-order valence-electron chi connectivity index (χ4n) is 3.16. The van der Waals surface area contributed by atoms with Crippen LogP contribution >= 0.6 is 0 Å². The van der Waals surface area contributed by atoms with Gasteiger partial charge in [0.2, 0.25) is 0 Å². The average molecular weight is 297 g/mol. The van der Waals surface area contributed by atoms with Crippen molar-refractivity contribution < 1.29 is 0 Å². The van der Waals surface area contributed by atoms with Crippen LogP contribution in [0.1, 0.15) is 118 Å². The molecule has 0 rings (SSSR count). The van der Waals surface area contributed by atoms with Gasteiger partial charge in [-0.05, 0) is 17.8 Å². The standard InChI is InChI=1S/C21H44/c1-6-7-15-20(4)17-18-21(5)16-13-11-9-8-10-12-14-19(2)3/h19-21H,6-18H2,1-5H3. The Morgan fingerprint density at radius 2 is 0.905 bits per heavy atom. The Morgan fingerprint density at radius 1 is 0.476 bits per heavy atom. The summed E-state index contributed by atoms with van der Waals surface area (Å²) >= 11 is 0. The maximum atomic E-state index is 2.47. The van der Waals surface area contributed by atoms with Crippen molar-refractivity contribution in [2.45, 2.75) is 118 Å². The fraction of sp³-hybridized carbons (Fsp3) is 1.00. The Morgan fingerprint density at radius 3 is 1.38 bits per heavy atom. The number of hydrogen-bond acceptors (Lipinski definition) is 0. The van der Waals surface area contributed by atoms with Crippen LogP contribution in [0.2, 0.25) is 0 Å². The predicted molar refractivity (Wildman–Crippen MR) is 98.9 cm³/mol. The monoisotopic (exact) mass is 296 g/mol. The summed E-state index contributed by atoms with van der Waals surface area (Å²) in [5.74, 6) is 2.80. The molecule has 2 atom stereocenters. The second-order valence-corrected chi connectivity index (χ2v) is 8.02. The summed E-state index contributed by atoms with van der Waals surface area (Å²) in [4.78, 5) is 0. The number of hydrogen-bond donors (Lipinski definition) is 0. The lowest BCUT2D eigenvalue weighted by Crippen LogP contribution is -2.01. The highest BCUT2D eigenvalue weighted by Crippen LogP contribution is 2.21. The Hall–Kier alpha value is 0. The Labute approximate surface area is 136 Å². The minimum atomic E-state index is 0.894. The van der Waals surface area contributed by atoms with Crippen molar-refractivity contribution >= 4 is 0 Å². The molecule has 0 heterocycles. The van der Waals surface area contributed by atoms with E-state index in [9.17, 15) is 0 Å². The molecule has 0 aromatic carbocycles. The van der Waals surface area contributed by atoms with Crippen molar-refractivity contribution in [3.05, 3.63) is 0 Å². The summed E-state index contributed by atoms with van der Waals surface area (Å²) in [5.41, 5.74) is 0. The van der Waals surface area contributed by atoms with E-state index in [1.165, 1.54) is 83.5 Å². The highest BCUT2D eigenvalue weighted by Gasteiger charge is 2.06. The SMILES string of the molecule is CCCCC(C)CCC(C)CCCCCCCCC(C)C. The van der Waals surface area contributed by atoms with Crippen LogP contribution in [0.3, 0.4) is 0 Å². The second-order valence-electron chi connectivity index (χ2n) is 8.02. The molecule has 0 saturated heterocycles. The smallest absolute Gasteiger partial charge is 0.0443 e. The van der Waals surface area contributed by atoms with Crippen molar-refractivity contribution in [1.29, 1.82) is 0 Å². The van der Waals surface area contributed by atoms with Crippen LogP contribution < -0.4 is 0 Å². The zero-order valence-electron chi connectivity index (χ0n) is 15.9. The molecule has 0 aromatic heterocycles. The summed E-state index contributed by atoms with van der Waals surface area (Å²) in [6.07, 6.45) is 18.8. The molecule has 0 heteroatoms. The van der Waals surface area contributed by atoms with Gasteiger partial charge < -0.3 is 0 Å². The van der Waals surface area contributed by atoms with E-state index in [1.807, 2.05) is 0 Å². The van der Waals surface area contributed by atoms with Gasteiger partial charge in [-0.25, -0.2) is 0 Å². The first-order valence-corrected chi connectivity index (χ1v) is 10.1. The van der Waals surface area contributed by atoms with Crippen LogP contribution in [0, 0.1) is 17.8 Å². The largest absolute Gasteiger partial charge is 0.0654 e. The van der Waals surface area contributed by atoms with Crippen LogP contribution in [0.4, 0.5) is 0 Å². The van der Waals surface area contributed by atoms with Crippen molar-refractivity contribution in [2.24, 2.45) is 17.8 Å². The van der Waals surface area contributed by atoms with Crippen molar-refractivity contribution in [3.8, 4) is 0 Å². The quantitative estimate of drug-likeness (QED) is 0.268. The molecule has 0 aliphatic carbocycles. The van der Waals surface area contributed by atoms with Crippen molar-refractivity contribution in [1.82, 2.24) is 0 Å². The Kier molecular flexibility index (Phi) is 14.9. The second kappa shape index (κ2) is 14.9. The van der Waals surface area contributed by atoms with Gasteiger partial charge in [0.15, 0.2) is 0 Å². The van der Waals surface area contributed by atoms with Gasteiger partial charge >= 0.3 is 0 Å². The Balaban J connectivity index is 3.28. The highest BCUT2D eigenvalue weighted by atomic mass is 14.1. The molecule has 128 valence electrons. The fourth-order valence-corrected chi connectivity index (χ4v) is 3.16. The molecule has 0 aliphatic heterocycles. The van der Waals surface area contributed by atoms with Crippen LogP contribution in [-0.2, 0) is 0 Å². The molecule has 0 nitrogen and oxygen atoms in total. The topological polar surface area (TPSA) is 0 Å². The minimum Gasteiger partial charge on any atom is -0.0654 e. The van der Waals surface area contributed by atoms with Crippen LogP contribution in [0.5, 0.6) is 0 Å². The first kappa shape index (κ1) is 21.0. The molecule has 0 N–H and O–H groups in total. The van der Waals surface area contributed by atoms with E-state index in [1.54, 1.807) is 0 Å². The lowest BCUT2D eigenvalue weighted by atomic mass is 9.91. The van der Waals surface area contributed by atoms with E-state index in [2.05, 4.69) is 34.6 Å². The minimum absolute atomic E-state index is 0.894. The van der Waals surface area contributed by atoms with E-state index < -0.39 is 0 Å². The third-order valence-corrected chi connectivity index (χ3v) is 4.93. The molecule has 0 amide bonds. The zero-order chi connectivity index (χ0) is 15.9. The summed E-state index contributed by atoms with van der Waals surface area (Å²) < 4.78 is 0. The van der Waals surface area contributed by atoms with Gasteiger partial charge in [-0.2, -0.15) is 0 Å². The first-order chi connectivity index (χ1) is 10.1. The van der Waals surface area contributed by atoms with E-state index >= 15 is 0 Å². The molecule has 0 spiro atoms. The molecule has 0 saturated carbocycles. The third-order valence-electron chi connectivity index (χ3n) is 4.93. The first-order valence-electron chi connectivity index (χ1n) is 10.1. The molecule has 0 aromatic rings. The van der Waals surface area contributed by atoms with Gasteiger partial charge in [0.1, 0.15) is 0 Å². The van der Waals surface area contributed by atoms with E-state index in [0.29, 0.717) is 0 Å². The summed E-state index contributed by atoms with van der Waals surface area (Å²) in [6.45, 7) is 11.9. The van der Waals surface area contributed by atoms with E-state index in [0.717, 1.165) is 17.8 Å². The average Bonchev–Trinajstić information content (AvgIpc) is 2.45. The van der Waals surface area contributed by atoms with Crippen LogP contribution in [-0.4, -0.2) is 0 Å². The van der Waals surface area contributed by atoms with Crippen LogP contribution in [0.15, 0.2) is 0 Å². The lowest BCUT2D eigenvalue weighted by molar-refractivity contribution is 0.380. The summed E-state index contributed by atoms with van der Waals surface area (Å²) in [5, 5.41) is 0. The third kappa shape index (κ3) is 16.2. The lowest BCUT2D eigenvalue weighted by Gasteiger charge is -2.15. The molecule has 2 unspecified atom stereocenters. The maximum absolute atomic E-state index is 2.47. The molecular weight excluding hydrogens is 252 g/mol. The van der Waals surface area contributed by atoms with Gasteiger partial charge in [0.05, 0.1) is 0 Å². The van der Waals surface area contributed by atoms with Gasteiger partial charge in [-0.1, -0.05) is 118 Å². The van der Waals surface area contributed by atoms with Gasteiger partial charge in [0, 0.05) is 0 Å². The molecule has 0 radical (unpaired) electrons. The number of unbranched alkanes of at least 4 members (excludes halogenated alkanes) is 6. The van der Waals surface area contributed by atoms with Gasteiger partial charge in [-0.15, -0.1) is 0 Å². The molecule has 0 bridgehead atoms. The maximum Gasteiger partial charge on any atom is -0.0443 e. The molecule has 21 heavy (non-hydrogen) atoms. The predicted octanol–water partition coefficient (Wildman–Crippen LogP) is 8.01. The van der Waals surface area contributed by atoms with Crippen LogP contribution in [0.25, 0.3) is 0 Å². The van der Waals surface area contributed by atoms with Crippen molar-refractivity contribution in [2.75, 3.05) is 0 Å². The summed E-state index contributed by atoms with van der Waals surface area (Å²) in [6, 6.07) is 0. The zero-order valence-corrected chi connectivity index (χ0v) is 15.9. The van der Waals surface area contributed by atoms with Crippen molar-refractivity contribution in [3.63, 3.8) is 0 Å². The summed E-state index contributed by atoms with van der Waals surface area (Å²) in [7, 11) is 0.